The minimum Gasteiger partial charge on any atom is -0.220 e. The van der Waals surface area contributed by atoms with Crippen LogP contribution in [0.25, 0.3) is 5.69 Å². The summed E-state index contributed by atoms with van der Waals surface area (Å²) in [5.41, 5.74) is 3.72. The lowest BCUT2D eigenvalue weighted by Crippen LogP contribution is -2.04. The lowest BCUT2D eigenvalue weighted by Gasteiger charge is -2.18. The van der Waals surface area contributed by atoms with Crippen LogP contribution in [0.4, 0.5) is 0 Å². The Balaban J connectivity index is 1.59. The molecule has 0 unspecified atom stereocenters. The van der Waals surface area contributed by atoms with E-state index in [4.69, 9.17) is 0 Å². The van der Waals surface area contributed by atoms with Gasteiger partial charge in [0.1, 0.15) is 0 Å². The Bertz CT molecular complexity index is 579. The third kappa shape index (κ3) is 4.43. The van der Waals surface area contributed by atoms with Crippen molar-refractivity contribution < 1.29 is 0 Å². The van der Waals surface area contributed by atoms with Crippen molar-refractivity contribution in [3.05, 3.63) is 41.7 Å². The van der Waals surface area contributed by atoms with Crippen LogP contribution in [0.5, 0.6) is 0 Å². The van der Waals surface area contributed by atoms with E-state index >= 15 is 0 Å². The zero-order valence-electron chi connectivity index (χ0n) is 14.4. The highest BCUT2D eigenvalue weighted by Gasteiger charge is 2.18. The molecule has 1 aromatic heterocycles. The first-order valence-corrected chi connectivity index (χ1v) is 9.38. The predicted octanol–water partition coefficient (Wildman–Crippen LogP) is 5.44. The highest BCUT2D eigenvalue weighted by atomic mass is 15.4. The van der Waals surface area contributed by atoms with Crippen LogP contribution in [0.2, 0.25) is 0 Å². The van der Waals surface area contributed by atoms with Gasteiger partial charge in [0.2, 0.25) is 0 Å². The molecule has 0 atom stereocenters. The third-order valence-electron chi connectivity index (χ3n) is 5.05. The van der Waals surface area contributed by atoms with Crippen LogP contribution in [0.1, 0.15) is 81.9 Å². The van der Waals surface area contributed by atoms with Crippen molar-refractivity contribution in [2.45, 2.75) is 77.0 Å². The molecule has 0 saturated heterocycles. The van der Waals surface area contributed by atoms with E-state index in [-0.39, 0.29) is 0 Å². The summed E-state index contributed by atoms with van der Waals surface area (Å²) in [6, 6.07) is 8.83. The van der Waals surface area contributed by atoms with E-state index in [0.29, 0.717) is 5.92 Å². The molecule has 124 valence electrons. The summed E-state index contributed by atoms with van der Waals surface area (Å²) in [4.78, 5) is 0. The van der Waals surface area contributed by atoms with E-state index in [0.717, 1.165) is 5.69 Å². The first-order chi connectivity index (χ1) is 11.4. The van der Waals surface area contributed by atoms with Crippen molar-refractivity contribution in [1.82, 2.24) is 15.0 Å². The third-order valence-corrected chi connectivity index (χ3v) is 5.05. The van der Waals surface area contributed by atoms with Crippen LogP contribution < -0.4 is 0 Å². The molecule has 0 N–H and O–H groups in total. The van der Waals surface area contributed by atoms with Crippen LogP contribution in [-0.2, 0) is 6.42 Å². The predicted molar refractivity (Wildman–Crippen MR) is 95.0 cm³/mol. The number of hydrogen-bond acceptors (Lipinski definition) is 2. The van der Waals surface area contributed by atoms with Gasteiger partial charge in [-0.1, -0.05) is 62.8 Å². The normalized spacial score (nSPS) is 15.9. The van der Waals surface area contributed by atoms with E-state index in [1.54, 1.807) is 0 Å². The molecular weight excluding hydrogens is 282 g/mol. The van der Waals surface area contributed by atoms with Crippen molar-refractivity contribution in [2.75, 3.05) is 0 Å². The number of nitrogens with zero attached hydrogens (tertiary/aromatic N) is 3. The summed E-state index contributed by atoms with van der Waals surface area (Å²) in [7, 11) is 0. The molecule has 0 amide bonds. The molecule has 3 nitrogen and oxygen atoms in total. The molecule has 0 radical (unpaired) electrons. The second-order valence-corrected chi connectivity index (χ2v) is 6.90. The number of aromatic nitrogens is 3. The van der Waals surface area contributed by atoms with Gasteiger partial charge >= 0.3 is 0 Å². The van der Waals surface area contributed by atoms with Gasteiger partial charge in [-0.05, 0) is 43.4 Å². The summed E-state index contributed by atoms with van der Waals surface area (Å²) in [6.07, 6.45) is 15.2. The molecule has 3 rings (SSSR count). The first kappa shape index (κ1) is 16.2. The van der Waals surface area contributed by atoms with Crippen molar-refractivity contribution in [3.8, 4) is 5.69 Å². The monoisotopic (exact) mass is 311 g/mol. The molecule has 1 saturated carbocycles. The summed E-state index contributed by atoms with van der Waals surface area (Å²) in [5.74, 6) is 0.621. The first-order valence-electron chi connectivity index (χ1n) is 9.38. The van der Waals surface area contributed by atoms with Crippen molar-refractivity contribution >= 4 is 0 Å². The Kier molecular flexibility index (Phi) is 5.84. The zero-order chi connectivity index (χ0) is 15.9. The van der Waals surface area contributed by atoms with Gasteiger partial charge in [-0.2, -0.15) is 0 Å². The Morgan fingerprint density at radius 3 is 2.52 bits per heavy atom. The Labute approximate surface area is 140 Å². The van der Waals surface area contributed by atoms with E-state index in [2.05, 4.69) is 47.7 Å². The highest BCUT2D eigenvalue weighted by molar-refractivity contribution is 5.34. The lowest BCUT2D eigenvalue weighted by molar-refractivity contribution is 0.436. The average Bonchev–Trinajstić information content (AvgIpc) is 3.10. The number of hydrogen-bond donors (Lipinski definition) is 0. The number of rotatable bonds is 7. The lowest BCUT2D eigenvalue weighted by atomic mass is 9.87. The zero-order valence-corrected chi connectivity index (χ0v) is 14.4. The van der Waals surface area contributed by atoms with Crippen LogP contribution in [0.3, 0.4) is 0 Å². The molecule has 23 heavy (non-hydrogen) atoms. The SMILES string of the molecule is CCCCCCc1ccc(-n2cc(C3CCCCC3)nn2)cc1. The van der Waals surface area contributed by atoms with Gasteiger partial charge in [0.15, 0.2) is 0 Å². The minimum absolute atomic E-state index is 0.621. The summed E-state index contributed by atoms with van der Waals surface area (Å²) >= 11 is 0. The standard InChI is InChI=1S/C20H29N3/c1-2-3-4-6-9-17-12-14-19(15-13-17)23-16-20(21-22-23)18-10-7-5-8-11-18/h12-16,18H,2-11H2,1H3. The maximum Gasteiger partial charge on any atom is 0.0862 e. The average molecular weight is 311 g/mol. The van der Waals surface area contributed by atoms with Gasteiger partial charge < -0.3 is 0 Å². The van der Waals surface area contributed by atoms with Crippen molar-refractivity contribution in [2.24, 2.45) is 0 Å². The van der Waals surface area contributed by atoms with Gasteiger partial charge in [0.25, 0.3) is 0 Å². The number of aryl methyl sites for hydroxylation is 1. The molecule has 0 bridgehead atoms. The van der Waals surface area contributed by atoms with Crippen LogP contribution in [0.15, 0.2) is 30.5 Å². The van der Waals surface area contributed by atoms with Crippen LogP contribution in [-0.4, -0.2) is 15.0 Å². The van der Waals surface area contributed by atoms with Crippen molar-refractivity contribution in [3.63, 3.8) is 0 Å². The van der Waals surface area contributed by atoms with Gasteiger partial charge in [0, 0.05) is 5.92 Å². The maximum absolute atomic E-state index is 4.42. The van der Waals surface area contributed by atoms with E-state index in [1.807, 2.05) is 4.68 Å². The molecular formula is C20H29N3. The fourth-order valence-electron chi connectivity index (χ4n) is 3.56. The molecule has 3 heteroatoms. The maximum atomic E-state index is 4.42. The van der Waals surface area contributed by atoms with Crippen LogP contribution in [0, 0.1) is 0 Å². The smallest absolute Gasteiger partial charge is 0.0862 e. The molecule has 0 aliphatic heterocycles. The molecule has 0 spiro atoms. The summed E-state index contributed by atoms with van der Waals surface area (Å²) in [5, 5.41) is 8.77. The minimum atomic E-state index is 0.621. The van der Waals surface area contributed by atoms with Crippen LogP contribution >= 0.6 is 0 Å². The van der Waals surface area contributed by atoms with Gasteiger partial charge in [0.05, 0.1) is 17.6 Å². The quantitative estimate of drug-likeness (QED) is 0.638. The molecule has 1 aliphatic carbocycles. The highest BCUT2D eigenvalue weighted by Crippen LogP contribution is 2.31. The summed E-state index contributed by atoms with van der Waals surface area (Å²) in [6.45, 7) is 2.26. The van der Waals surface area contributed by atoms with Gasteiger partial charge in [-0.3, -0.25) is 0 Å². The largest absolute Gasteiger partial charge is 0.220 e. The van der Waals surface area contributed by atoms with Gasteiger partial charge in [-0.25, -0.2) is 4.68 Å². The second-order valence-electron chi connectivity index (χ2n) is 6.90. The van der Waals surface area contributed by atoms with Gasteiger partial charge in [-0.15, -0.1) is 5.10 Å². The van der Waals surface area contributed by atoms with E-state index in [9.17, 15) is 0 Å². The Hall–Kier alpha value is -1.64. The molecule has 1 heterocycles. The summed E-state index contributed by atoms with van der Waals surface area (Å²) < 4.78 is 1.94. The van der Waals surface area contributed by atoms with E-state index < -0.39 is 0 Å². The molecule has 2 aromatic rings. The fourth-order valence-corrected chi connectivity index (χ4v) is 3.56. The fraction of sp³-hybridized carbons (Fsp3) is 0.600. The number of unbranched alkanes of at least 4 members (excludes halogenated alkanes) is 3. The topological polar surface area (TPSA) is 30.7 Å². The Morgan fingerprint density at radius 1 is 1.00 bits per heavy atom. The van der Waals surface area contributed by atoms with E-state index in [1.165, 1.54) is 75.5 Å². The number of benzene rings is 1. The molecule has 1 fully saturated rings. The molecule has 1 aromatic carbocycles. The molecule has 1 aliphatic rings. The second kappa shape index (κ2) is 8.28. The van der Waals surface area contributed by atoms with Crippen molar-refractivity contribution in [1.29, 1.82) is 0 Å². The Morgan fingerprint density at radius 2 is 1.78 bits per heavy atom.